The molecule has 0 bridgehead atoms. The molecule has 2 heterocycles. The second-order valence-electron chi connectivity index (χ2n) is 6.73. The van der Waals surface area contributed by atoms with E-state index in [9.17, 15) is 9.59 Å². The predicted octanol–water partition coefficient (Wildman–Crippen LogP) is 2.92. The molecule has 0 unspecified atom stereocenters. The van der Waals surface area contributed by atoms with Crippen LogP contribution in [0.5, 0.6) is 0 Å². The zero-order valence-corrected chi connectivity index (χ0v) is 16.2. The van der Waals surface area contributed by atoms with Gasteiger partial charge in [-0.05, 0) is 37.7 Å². The molecular weight excluding hydrogens is 366 g/mol. The zero-order chi connectivity index (χ0) is 19.2. The van der Waals surface area contributed by atoms with Gasteiger partial charge in [-0.1, -0.05) is 41.9 Å². The lowest BCUT2D eigenvalue weighted by molar-refractivity contribution is -0.144. The minimum absolute atomic E-state index is 0.107. The topological polar surface area (TPSA) is 64.4 Å². The number of halogens is 1. The quantitative estimate of drug-likeness (QED) is 0.711. The van der Waals surface area contributed by atoms with E-state index >= 15 is 0 Å². The number of carbonyl (C=O) groups is 1. The summed E-state index contributed by atoms with van der Waals surface area (Å²) in [6, 6.07) is 10.5. The molecule has 27 heavy (non-hydrogen) atoms. The summed E-state index contributed by atoms with van der Waals surface area (Å²) in [6.07, 6.45) is 4.72. The highest BCUT2D eigenvalue weighted by Crippen LogP contribution is 2.28. The van der Waals surface area contributed by atoms with Gasteiger partial charge in [-0.3, -0.25) is 9.59 Å². The van der Waals surface area contributed by atoms with Gasteiger partial charge in [0.1, 0.15) is 11.6 Å². The number of hydrogen-bond acceptors (Lipinski definition) is 5. The molecule has 2 aromatic rings. The number of esters is 1. The first-order valence-corrected chi connectivity index (χ1v) is 9.66. The molecule has 0 N–H and O–H groups in total. The van der Waals surface area contributed by atoms with Crippen molar-refractivity contribution < 1.29 is 9.53 Å². The van der Waals surface area contributed by atoms with E-state index in [0.29, 0.717) is 11.6 Å². The van der Waals surface area contributed by atoms with E-state index in [1.165, 1.54) is 5.56 Å². The summed E-state index contributed by atoms with van der Waals surface area (Å²) in [5, 5.41) is 4.21. The Hall–Kier alpha value is -2.34. The van der Waals surface area contributed by atoms with Gasteiger partial charge in [0.25, 0.3) is 5.56 Å². The molecule has 7 heteroatoms. The van der Waals surface area contributed by atoms with Crippen LogP contribution in [0, 0.1) is 5.92 Å². The second kappa shape index (κ2) is 9.04. The molecule has 1 aliphatic rings. The van der Waals surface area contributed by atoms with Gasteiger partial charge in [-0.2, -0.15) is 5.10 Å². The van der Waals surface area contributed by atoms with Gasteiger partial charge >= 0.3 is 5.97 Å². The summed E-state index contributed by atoms with van der Waals surface area (Å²) in [5.74, 6) is 0.122. The Bertz CT molecular complexity index is 830. The third kappa shape index (κ3) is 4.89. The van der Waals surface area contributed by atoms with Gasteiger partial charge < -0.3 is 9.64 Å². The number of ether oxygens (including phenoxy) is 1. The van der Waals surface area contributed by atoms with Crippen LogP contribution < -0.4 is 10.5 Å². The van der Waals surface area contributed by atoms with Crippen molar-refractivity contribution in [3.8, 4) is 0 Å². The molecule has 144 valence electrons. The van der Waals surface area contributed by atoms with Gasteiger partial charge in [0.2, 0.25) is 0 Å². The summed E-state index contributed by atoms with van der Waals surface area (Å²) in [5.41, 5.74) is 1.53. The molecule has 0 radical (unpaired) electrons. The van der Waals surface area contributed by atoms with E-state index in [0.717, 1.165) is 37.0 Å². The van der Waals surface area contributed by atoms with Gasteiger partial charge in [0, 0.05) is 13.1 Å². The largest absolute Gasteiger partial charge is 0.465 e. The third-order valence-corrected chi connectivity index (χ3v) is 5.23. The number of hydrogen-bond donors (Lipinski definition) is 0. The molecule has 0 atom stereocenters. The van der Waals surface area contributed by atoms with E-state index in [2.05, 4.69) is 34.3 Å². The fraction of sp³-hybridized carbons (Fsp3) is 0.450. The minimum Gasteiger partial charge on any atom is -0.465 e. The van der Waals surface area contributed by atoms with Crippen molar-refractivity contribution in [1.82, 2.24) is 9.78 Å². The number of anilines is 1. The zero-order valence-electron chi connectivity index (χ0n) is 15.4. The third-order valence-electron chi connectivity index (χ3n) is 4.87. The standard InChI is InChI=1S/C20H24ClN3O3/c1-2-27-18(25)14-24-20(26)19(21)17(13-22-24)23-10-8-16(9-11-23)12-15-6-4-3-5-7-15/h3-7,13,16H,2,8-12,14H2,1H3. The maximum absolute atomic E-state index is 12.4. The molecule has 0 spiro atoms. The Morgan fingerprint density at radius 1 is 1.26 bits per heavy atom. The number of rotatable bonds is 6. The Morgan fingerprint density at radius 2 is 1.96 bits per heavy atom. The molecule has 3 rings (SSSR count). The highest BCUT2D eigenvalue weighted by Gasteiger charge is 2.23. The average Bonchev–Trinajstić information content (AvgIpc) is 2.68. The van der Waals surface area contributed by atoms with Crippen LogP contribution in [0.3, 0.4) is 0 Å². The van der Waals surface area contributed by atoms with Crippen molar-refractivity contribution in [3.05, 3.63) is 57.5 Å². The normalized spacial score (nSPS) is 15.0. The fourth-order valence-corrected chi connectivity index (χ4v) is 3.71. The van der Waals surface area contributed by atoms with Gasteiger partial charge in [-0.25, -0.2) is 4.68 Å². The lowest BCUT2D eigenvalue weighted by Crippen LogP contribution is -2.37. The van der Waals surface area contributed by atoms with Crippen LogP contribution in [0.4, 0.5) is 5.69 Å². The van der Waals surface area contributed by atoms with E-state index in [4.69, 9.17) is 16.3 Å². The summed E-state index contributed by atoms with van der Waals surface area (Å²) >= 11 is 6.29. The first-order chi connectivity index (χ1) is 13.1. The summed E-state index contributed by atoms with van der Waals surface area (Å²) in [7, 11) is 0. The van der Waals surface area contributed by atoms with Crippen molar-refractivity contribution in [2.75, 3.05) is 24.6 Å². The van der Waals surface area contributed by atoms with Gasteiger partial charge in [0.15, 0.2) is 0 Å². The minimum atomic E-state index is -0.502. The Morgan fingerprint density at radius 3 is 2.63 bits per heavy atom. The van der Waals surface area contributed by atoms with Crippen LogP contribution >= 0.6 is 11.6 Å². The average molecular weight is 390 g/mol. The van der Waals surface area contributed by atoms with Crippen LogP contribution in [-0.4, -0.2) is 35.4 Å². The highest BCUT2D eigenvalue weighted by atomic mass is 35.5. The number of aromatic nitrogens is 2. The maximum Gasteiger partial charge on any atom is 0.327 e. The molecule has 0 amide bonds. The molecule has 0 aliphatic carbocycles. The lowest BCUT2D eigenvalue weighted by atomic mass is 9.90. The number of carbonyl (C=O) groups excluding carboxylic acids is 1. The van der Waals surface area contributed by atoms with E-state index < -0.39 is 11.5 Å². The monoisotopic (exact) mass is 389 g/mol. The summed E-state index contributed by atoms with van der Waals surface area (Å²) in [4.78, 5) is 26.1. The smallest absolute Gasteiger partial charge is 0.327 e. The van der Waals surface area contributed by atoms with Crippen LogP contribution in [0.2, 0.25) is 5.02 Å². The van der Waals surface area contributed by atoms with E-state index in [1.807, 2.05) is 6.07 Å². The first-order valence-electron chi connectivity index (χ1n) is 9.28. The molecule has 6 nitrogen and oxygen atoms in total. The second-order valence-corrected chi connectivity index (χ2v) is 7.11. The van der Waals surface area contributed by atoms with Crippen LogP contribution in [0.1, 0.15) is 25.3 Å². The van der Waals surface area contributed by atoms with Crippen molar-refractivity contribution >= 4 is 23.3 Å². The van der Waals surface area contributed by atoms with Gasteiger partial charge in [0.05, 0.1) is 18.5 Å². The number of piperidine rings is 1. The molecule has 1 aliphatic heterocycles. The molecule has 0 saturated carbocycles. The maximum atomic E-state index is 12.4. The van der Waals surface area contributed by atoms with Crippen LogP contribution in [-0.2, 0) is 22.5 Å². The Balaban J connectivity index is 1.63. The van der Waals surface area contributed by atoms with Crippen LogP contribution in [0.15, 0.2) is 41.3 Å². The Kier molecular flexibility index (Phi) is 6.50. The van der Waals surface area contributed by atoms with Crippen molar-refractivity contribution in [2.24, 2.45) is 5.92 Å². The number of benzene rings is 1. The van der Waals surface area contributed by atoms with Crippen molar-refractivity contribution in [1.29, 1.82) is 0 Å². The molecule has 1 fully saturated rings. The number of nitrogens with zero attached hydrogens (tertiary/aromatic N) is 3. The van der Waals surface area contributed by atoms with E-state index in [1.54, 1.807) is 13.1 Å². The first kappa shape index (κ1) is 19.4. The SMILES string of the molecule is CCOC(=O)Cn1ncc(N2CCC(Cc3ccccc3)CC2)c(Cl)c1=O. The molecule has 1 saturated heterocycles. The summed E-state index contributed by atoms with van der Waals surface area (Å²) < 4.78 is 5.90. The van der Waals surface area contributed by atoms with Crippen LogP contribution in [0.25, 0.3) is 0 Å². The van der Waals surface area contributed by atoms with Crippen molar-refractivity contribution in [3.63, 3.8) is 0 Å². The highest BCUT2D eigenvalue weighted by molar-refractivity contribution is 6.33. The van der Waals surface area contributed by atoms with E-state index in [-0.39, 0.29) is 18.2 Å². The van der Waals surface area contributed by atoms with Gasteiger partial charge in [-0.15, -0.1) is 0 Å². The van der Waals surface area contributed by atoms with Crippen molar-refractivity contribution in [2.45, 2.75) is 32.7 Å². The predicted molar refractivity (Wildman–Crippen MR) is 105 cm³/mol. The fourth-order valence-electron chi connectivity index (χ4n) is 3.44. The lowest BCUT2D eigenvalue weighted by Gasteiger charge is -2.33. The molecular formula is C20H24ClN3O3. The Labute approximate surface area is 163 Å². The molecule has 1 aromatic heterocycles. The molecule has 1 aromatic carbocycles. The summed E-state index contributed by atoms with van der Waals surface area (Å²) in [6.45, 7) is 3.41.